The molecule has 2 aromatic rings. The number of allylic oxidation sites excluding steroid dienone is 1. The molecule has 0 fully saturated rings. The van der Waals surface area contributed by atoms with Crippen molar-refractivity contribution in [3.63, 3.8) is 0 Å². The minimum absolute atomic E-state index is 0.141. The number of hydrogen-bond donors (Lipinski definition) is 0. The number of hydrogen-bond acceptors (Lipinski definition) is 3. The highest BCUT2D eigenvalue weighted by Crippen LogP contribution is 2.32. The van der Waals surface area contributed by atoms with Crippen LogP contribution in [0.25, 0.3) is 0 Å². The summed E-state index contributed by atoms with van der Waals surface area (Å²) < 4.78 is 5.77. The van der Waals surface area contributed by atoms with Gasteiger partial charge < -0.3 is 4.74 Å². The molecule has 0 radical (unpaired) electrons. The third-order valence-corrected chi connectivity index (χ3v) is 3.82. The van der Waals surface area contributed by atoms with Gasteiger partial charge in [-0.3, -0.25) is 4.98 Å². The van der Waals surface area contributed by atoms with Crippen molar-refractivity contribution in [2.45, 2.75) is 11.8 Å². The van der Waals surface area contributed by atoms with E-state index >= 15 is 0 Å². The van der Waals surface area contributed by atoms with Gasteiger partial charge in [-0.2, -0.15) is 5.26 Å². The fourth-order valence-corrected chi connectivity index (χ4v) is 2.55. The molecule has 0 aliphatic heterocycles. The average Bonchev–Trinajstić information content (AvgIpc) is 2.54. The van der Waals surface area contributed by atoms with Crippen molar-refractivity contribution in [1.82, 2.24) is 4.98 Å². The number of pyridine rings is 1. The Kier molecular flexibility index (Phi) is 5.43. The van der Waals surface area contributed by atoms with Gasteiger partial charge in [-0.15, -0.1) is 6.58 Å². The van der Waals surface area contributed by atoms with E-state index in [0.717, 1.165) is 5.56 Å². The van der Waals surface area contributed by atoms with Gasteiger partial charge in [0.2, 0.25) is 0 Å². The molecule has 1 aromatic heterocycles. The van der Waals surface area contributed by atoms with Gasteiger partial charge in [0.05, 0.1) is 11.1 Å². The van der Waals surface area contributed by atoms with Crippen LogP contribution in [-0.2, 0) is 5.41 Å². The average molecular weight is 333 g/mol. The lowest BCUT2D eigenvalue weighted by atomic mass is 9.80. The predicted molar refractivity (Wildman–Crippen MR) is 88.3 cm³/mol. The molecule has 0 spiro atoms. The molecule has 2 rings (SSSR count). The topological polar surface area (TPSA) is 45.9 Å². The van der Waals surface area contributed by atoms with Crippen LogP contribution in [0.2, 0.25) is 10.0 Å². The van der Waals surface area contributed by atoms with Gasteiger partial charge in [-0.25, -0.2) is 0 Å². The Morgan fingerprint density at radius 3 is 2.77 bits per heavy atom. The Balaban J connectivity index is 2.28. The Labute approximate surface area is 139 Å². The SMILES string of the molecule is C=CCC(C#N)(COc1ccc(Cl)cc1Cl)c1cccnc1. The van der Waals surface area contributed by atoms with Crippen molar-refractivity contribution in [2.24, 2.45) is 0 Å². The summed E-state index contributed by atoms with van der Waals surface area (Å²) in [6.07, 6.45) is 5.47. The number of ether oxygens (including phenoxy) is 1. The molecule has 0 aliphatic rings. The number of halogens is 2. The Morgan fingerprint density at radius 2 is 2.18 bits per heavy atom. The van der Waals surface area contributed by atoms with Crippen molar-refractivity contribution >= 4 is 23.2 Å². The lowest BCUT2D eigenvalue weighted by molar-refractivity contribution is 0.252. The monoisotopic (exact) mass is 332 g/mol. The van der Waals surface area contributed by atoms with Crippen molar-refractivity contribution in [3.8, 4) is 11.8 Å². The van der Waals surface area contributed by atoms with Crippen molar-refractivity contribution in [1.29, 1.82) is 5.26 Å². The maximum atomic E-state index is 9.69. The van der Waals surface area contributed by atoms with Crippen LogP contribution < -0.4 is 4.74 Å². The Bertz CT molecular complexity index is 698. The molecular weight excluding hydrogens is 319 g/mol. The number of benzene rings is 1. The standard InChI is InChI=1S/C17H14Cl2N2O/c1-2-7-17(11-20,13-4-3-8-21-10-13)12-22-16-6-5-14(18)9-15(16)19/h2-6,8-10H,1,7,12H2. The zero-order valence-electron chi connectivity index (χ0n) is 11.8. The highest BCUT2D eigenvalue weighted by atomic mass is 35.5. The van der Waals surface area contributed by atoms with E-state index in [1.807, 2.05) is 6.07 Å². The van der Waals surface area contributed by atoms with Crippen LogP contribution in [0.4, 0.5) is 0 Å². The van der Waals surface area contributed by atoms with E-state index in [2.05, 4.69) is 17.6 Å². The summed E-state index contributed by atoms with van der Waals surface area (Å²) in [6, 6.07) is 10.9. The first kappa shape index (κ1) is 16.4. The summed E-state index contributed by atoms with van der Waals surface area (Å²) in [5, 5.41) is 10.6. The third-order valence-electron chi connectivity index (χ3n) is 3.29. The number of nitriles is 1. The highest BCUT2D eigenvalue weighted by molar-refractivity contribution is 6.35. The first-order valence-electron chi connectivity index (χ1n) is 6.62. The van der Waals surface area contributed by atoms with Gasteiger partial charge in [0.15, 0.2) is 0 Å². The van der Waals surface area contributed by atoms with Gasteiger partial charge in [-0.1, -0.05) is 35.3 Å². The van der Waals surface area contributed by atoms with Gasteiger partial charge >= 0.3 is 0 Å². The normalized spacial score (nSPS) is 13.0. The van der Waals surface area contributed by atoms with Crippen LogP contribution >= 0.6 is 23.2 Å². The maximum absolute atomic E-state index is 9.69. The van der Waals surface area contributed by atoms with E-state index in [4.69, 9.17) is 27.9 Å². The molecule has 0 N–H and O–H groups in total. The van der Waals surface area contributed by atoms with E-state index in [1.54, 1.807) is 42.7 Å². The minimum Gasteiger partial charge on any atom is -0.490 e. The smallest absolute Gasteiger partial charge is 0.138 e. The maximum Gasteiger partial charge on any atom is 0.138 e. The molecule has 0 bridgehead atoms. The zero-order chi connectivity index (χ0) is 16.0. The first-order chi connectivity index (χ1) is 10.6. The second-order valence-electron chi connectivity index (χ2n) is 4.79. The van der Waals surface area contributed by atoms with Crippen LogP contribution in [-0.4, -0.2) is 11.6 Å². The lowest BCUT2D eigenvalue weighted by Gasteiger charge is -2.25. The summed E-state index contributed by atoms with van der Waals surface area (Å²) in [5.41, 5.74) is -0.0820. The summed E-state index contributed by atoms with van der Waals surface area (Å²) in [5.74, 6) is 0.485. The fraction of sp³-hybridized carbons (Fsp3) is 0.176. The van der Waals surface area contributed by atoms with Crippen LogP contribution in [0.3, 0.4) is 0 Å². The first-order valence-corrected chi connectivity index (χ1v) is 7.37. The summed E-state index contributed by atoms with van der Waals surface area (Å²) in [7, 11) is 0. The molecule has 0 aliphatic carbocycles. The molecule has 1 heterocycles. The molecule has 22 heavy (non-hydrogen) atoms. The molecule has 0 saturated heterocycles. The zero-order valence-corrected chi connectivity index (χ0v) is 13.3. The molecule has 3 nitrogen and oxygen atoms in total. The van der Waals surface area contributed by atoms with Crippen molar-refractivity contribution < 1.29 is 4.74 Å². The van der Waals surface area contributed by atoms with Crippen LogP contribution in [0.15, 0.2) is 55.4 Å². The third kappa shape index (κ3) is 3.59. The van der Waals surface area contributed by atoms with E-state index < -0.39 is 5.41 Å². The number of aromatic nitrogens is 1. The quantitative estimate of drug-likeness (QED) is 0.713. The van der Waals surface area contributed by atoms with Crippen LogP contribution in [0.5, 0.6) is 5.75 Å². The van der Waals surface area contributed by atoms with Gasteiger partial charge in [0.25, 0.3) is 0 Å². The largest absolute Gasteiger partial charge is 0.490 e. The Morgan fingerprint density at radius 1 is 1.36 bits per heavy atom. The van der Waals surface area contributed by atoms with Gasteiger partial charge in [0, 0.05) is 17.4 Å². The van der Waals surface area contributed by atoms with E-state index in [0.29, 0.717) is 22.2 Å². The Hall–Kier alpha value is -2.02. The molecule has 1 aromatic carbocycles. The summed E-state index contributed by atoms with van der Waals surface area (Å²) in [6.45, 7) is 3.87. The predicted octanol–water partition coefficient (Wildman–Crippen LogP) is 4.80. The van der Waals surface area contributed by atoms with E-state index in [-0.39, 0.29) is 6.61 Å². The van der Waals surface area contributed by atoms with Crippen LogP contribution in [0, 0.1) is 11.3 Å². The molecule has 5 heteroatoms. The second kappa shape index (κ2) is 7.31. The molecule has 1 atom stereocenters. The van der Waals surface area contributed by atoms with E-state index in [9.17, 15) is 5.26 Å². The van der Waals surface area contributed by atoms with Gasteiger partial charge in [-0.05, 0) is 36.2 Å². The lowest BCUT2D eigenvalue weighted by Crippen LogP contribution is -2.31. The summed E-state index contributed by atoms with van der Waals surface area (Å²) >= 11 is 12.0. The molecule has 0 amide bonds. The van der Waals surface area contributed by atoms with Gasteiger partial charge in [0.1, 0.15) is 17.8 Å². The highest BCUT2D eigenvalue weighted by Gasteiger charge is 2.32. The van der Waals surface area contributed by atoms with Crippen LogP contribution in [0.1, 0.15) is 12.0 Å². The van der Waals surface area contributed by atoms with Crippen molar-refractivity contribution in [3.05, 3.63) is 71.0 Å². The molecule has 0 saturated carbocycles. The number of nitrogens with zero attached hydrogens (tertiary/aromatic N) is 2. The molecule has 1 unspecified atom stereocenters. The second-order valence-corrected chi connectivity index (χ2v) is 5.64. The van der Waals surface area contributed by atoms with E-state index in [1.165, 1.54) is 0 Å². The fourth-order valence-electron chi connectivity index (χ4n) is 2.09. The molecule has 112 valence electrons. The number of rotatable bonds is 6. The van der Waals surface area contributed by atoms with Crippen molar-refractivity contribution in [2.75, 3.05) is 6.61 Å². The minimum atomic E-state index is -0.862. The molecular formula is C17H14Cl2N2O. The summed E-state index contributed by atoms with van der Waals surface area (Å²) in [4.78, 5) is 4.08.